The third-order valence-corrected chi connectivity index (χ3v) is 5.08. The quantitative estimate of drug-likeness (QED) is 0.332. The largest absolute Gasteiger partial charge is 0.507 e. The molecule has 0 aliphatic rings. The number of para-hydroxylation sites is 2. The number of benzene rings is 3. The summed E-state index contributed by atoms with van der Waals surface area (Å²) in [6, 6.07) is 19.2. The fourth-order valence-electron chi connectivity index (χ4n) is 3.32. The van der Waals surface area contributed by atoms with E-state index in [2.05, 4.69) is 15.6 Å². The number of nitrogens with zero attached hydrogens (tertiary/aromatic N) is 1. The molecule has 3 N–H and O–H groups in total. The first kappa shape index (κ1) is 22.5. The summed E-state index contributed by atoms with van der Waals surface area (Å²) in [5.74, 6) is -2.48. The van der Waals surface area contributed by atoms with E-state index in [-0.39, 0.29) is 17.2 Å². The minimum Gasteiger partial charge on any atom is -0.507 e. The fraction of sp³-hybridized carbons (Fsp3) is 0.0385. The van der Waals surface area contributed by atoms with Gasteiger partial charge in [-0.1, -0.05) is 12.1 Å². The Hall–Kier alpha value is -4.72. The molecule has 3 aromatic carbocycles. The molecule has 0 saturated carbocycles. The van der Waals surface area contributed by atoms with Crippen LogP contribution in [0.2, 0.25) is 0 Å². The van der Waals surface area contributed by atoms with Gasteiger partial charge in [0.1, 0.15) is 11.3 Å². The van der Waals surface area contributed by atoms with E-state index in [9.17, 15) is 19.1 Å². The van der Waals surface area contributed by atoms with Crippen LogP contribution in [0.3, 0.4) is 0 Å². The molecule has 4 rings (SSSR count). The zero-order valence-corrected chi connectivity index (χ0v) is 18.1. The van der Waals surface area contributed by atoms with Crippen molar-refractivity contribution in [1.82, 2.24) is 4.98 Å². The Balaban J connectivity index is 1.53. The molecule has 0 bridgehead atoms. The van der Waals surface area contributed by atoms with Gasteiger partial charge in [-0.15, -0.1) is 0 Å². The average Bonchev–Trinajstić information content (AvgIpc) is 2.86. The van der Waals surface area contributed by atoms with Crippen LogP contribution in [0.4, 0.5) is 21.5 Å². The number of ether oxygens (including phenoxy) is 1. The number of hydrogen-bond donors (Lipinski definition) is 3. The molecule has 0 radical (unpaired) electrons. The maximum atomic E-state index is 14.6. The van der Waals surface area contributed by atoms with Crippen LogP contribution in [0.5, 0.6) is 11.5 Å². The lowest BCUT2D eigenvalue weighted by Gasteiger charge is -2.14. The van der Waals surface area contributed by atoms with Gasteiger partial charge in [0, 0.05) is 29.2 Å². The topological polar surface area (TPSA) is 101 Å². The number of aromatic hydroxyl groups is 1. The van der Waals surface area contributed by atoms with Crippen molar-refractivity contribution in [1.29, 1.82) is 0 Å². The molecule has 1 aromatic heterocycles. The summed E-state index contributed by atoms with van der Waals surface area (Å²) in [6.07, 6.45) is 3.08. The predicted octanol–water partition coefficient (Wildman–Crippen LogP) is 5.16. The van der Waals surface area contributed by atoms with Crippen molar-refractivity contribution in [3.05, 3.63) is 108 Å². The fourth-order valence-corrected chi connectivity index (χ4v) is 3.32. The lowest BCUT2D eigenvalue weighted by Crippen LogP contribution is -2.13. The summed E-state index contributed by atoms with van der Waals surface area (Å²) in [5, 5.41) is 16.1. The Morgan fingerprint density at radius 1 is 0.882 bits per heavy atom. The van der Waals surface area contributed by atoms with Crippen molar-refractivity contribution in [2.45, 2.75) is 0 Å². The molecule has 1 heterocycles. The Kier molecular flexibility index (Phi) is 6.49. The molecule has 0 fully saturated rings. The highest BCUT2D eigenvalue weighted by atomic mass is 19.1. The number of phenolic OH excluding ortho intramolecular Hbond substituents is 1. The second-order valence-corrected chi connectivity index (χ2v) is 7.24. The highest BCUT2D eigenvalue weighted by Crippen LogP contribution is 2.31. The van der Waals surface area contributed by atoms with Crippen LogP contribution in [-0.4, -0.2) is 28.9 Å². The van der Waals surface area contributed by atoms with Crippen LogP contribution >= 0.6 is 0 Å². The number of ketones is 1. The Bertz CT molecular complexity index is 1340. The molecule has 4 aromatic rings. The standard InChI is InChI=1S/C26H20FN3O4/c1-34-22-11-10-21(31)23(24(22)27)25(32)16-6-8-18(9-7-16)29-19-4-2-3-5-20(19)30-26(33)17-12-14-28-15-13-17/h2-15,29,31H,1H3,(H,30,33). The highest BCUT2D eigenvalue weighted by Gasteiger charge is 2.22. The maximum absolute atomic E-state index is 14.6. The third-order valence-electron chi connectivity index (χ3n) is 5.08. The van der Waals surface area contributed by atoms with Gasteiger partial charge < -0.3 is 20.5 Å². The van der Waals surface area contributed by atoms with Gasteiger partial charge in [-0.25, -0.2) is 4.39 Å². The molecule has 170 valence electrons. The molecule has 0 atom stereocenters. The van der Waals surface area contributed by atoms with Crippen molar-refractivity contribution < 1.29 is 23.8 Å². The number of hydrogen-bond acceptors (Lipinski definition) is 6. The first-order valence-corrected chi connectivity index (χ1v) is 10.3. The Morgan fingerprint density at radius 3 is 2.24 bits per heavy atom. The molecular formula is C26H20FN3O4. The van der Waals surface area contributed by atoms with Gasteiger partial charge in [-0.2, -0.15) is 0 Å². The van der Waals surface area contributed by atoms with Gasteiger partial charge in [0.2, 0.25) is 0 Å². The van der Waals surface area contributed by atoms with Crippen molar-refractivity contribution in [2.24, 2.45) is 0 Å². The van der Waals surface area contributed by atoms with Crippen molar-refractivity contribution in [3.8, 4) is 11.5 Å². The maximum Gasteiger partial charge on any atom is 0.255 e. The van der Waals surface area contributed by atoms with E-state index in [0.29, 0.717) is 22.6 Å². The van der Waals surface area contributed by atoms with E-state index < -0.39 is 22.9 Å². The second kappa shape index (κ2) is 9.83. The van der Waals surface area contributed by atoms with Crippen LogP contribution in [0.25, 0.3) is 0 Å². The summed E-state index contributed by atoms with van der Waals surface area (Å²) in [7, 11) is 1.28. The van der Waals surface area contributed by atoms with E-state index in [1.807, 2.05) is 6.07 Å². The van der Waals surface area contributed by atoms with E-state index in [1.165, 1.54) is 31.4 Å². The number of rotatable bonds is 7. The van der Waals surface area contributed by atoms with Gasteiger partial charge >= 0.3 is 0 Å². The molecule has 1 amide bonds. The Labute approximate surface area is 194 Å². The minimum atomic E-state index is -0.923. The number of aromatic nitrogens is 1. The minimum absolute atomic E-state index is 0.134. The van der Waals surface area contributed by atoms with Crippen LogP contribution in [-0.2, 0) is 0 Å². The lowest BCUT2D eigenvalue weighted by molar-refractivity contribution is 0.102. The normalized spacial score (nSPS) is 10.4. The molecular weight excluding hydrogens is 437 g/mol. The number of nitrogens with one attached hydrogen (secondary N) is 2. The number of amides is 1. The van der Waals surface area contributed by atoms with Gasteiger partial charge in [-0.05, 0) is 60.7 Å². The zero-order valence-electron chi connectivity index (χ0n) is 18.1. The van der Waals surface area contributed by atoms with Crippen molar-refractivity contribution >= 4 is 28.8 Å². The number of anilines is 3. The van der Waals surface area contributed by atoms with Gasteiger partial charge in [0.05, 0.1) is 18.5 Å². The highest BCUT2D eigenvalue weighted by molar-refractivity contribution is 6.11. The first-order valence-electron chi connectivity index (χ1n) is 10.3. The van der Waals surface area contributed by atoms with Gasteiger partial charge in [0.25, 0.3) is 5.91 Å². The molecule has 7 nitrogen and oxygen atoms in total. The van der Waals surface area contributed by atoms with Crippen LogP contribution in [0.1, 0.15) is 26.3 Å². The number of methoxy groups -OCH3 is 1. The number of carbonyl (C=O) groups is 2. The second-order valence-electron chi connectivity index (χ2n) is 7.24. The van der Waals surface area contributed by atoms with Crippen LogP contribution < -0.4 is 15.4 Å². The summed E-state index contributed by atoms with van der Waals surface area (Å²) in [5.41, 5.74) is 2.04. The zero-order chi connectivity index (χ0) is 24.1. The van der Waals surface area contributed by atoms with Crippen molar-refractivity contribution in [3.63, 3.8) is 0 Å². The monoisotopic (exact) mass is 457 g/mol. The van der Waals surface area contributed by atoms with Crippen molar-refractivity contribution in [2.75, 3.05) is 17.7 Å². The lowest BCUT2D eigenvalue weighted by atomic mass is 10.0. The van der Waals surface area contributed by atoms with E-state index in [4.69, 9.17) is 4.74 Å². The van der Waals surface area contributed by atoms with E-state index >= 15 is 0 Å². The summed E-state index contributed by atoms with van der Waals surface area (Å²) < 4.78 is 19.4. The number of pyridine rings is 1. The Morgan fingerprint density at radius 2 is 1.56 bits per heavy atom. The smallest absolute Gasteiger partial charge is 0.255 e. The van der Waals surface area contributed by atoms with Gasteiger partial charge in [0.15, 0.2) is 17.3 Å². The van der Waals surface area contributed by atoms with E-state index in [1.54, 1.807) is 54.9 Å². The number of halogens is 1. The average molecular weight is 457 g/mol. The molecule has 34 heavy (non-hydrogen) atoms. The molecule has 8 heteroatoms. The predicted molar refractivity (Wildman–Crippen MR) is 126 cm³/mol. The summed E-state index contributed by atoms with van der Waals surface area (Å²) >= 11 is 0. The summed E-state index contributed by atoms with van der Waals surface area (Å²) in [4.78, 5) is 29.2. The molecule has 0 unspecified atom stereocenters. The summed E-state index contributed by atoms with van der Waals surface area (Å²) in [6.45, 7) is 0. The third kappa shape index (κ3) is 4.71. The molecule has 0 aliphatic heterocycles. The SMILES string of the molecule is COc1ccc(O)c(C(=O)c2ccc(Nc3ccccc3NC(=O)c3ccncc3)cc2)c1F. The van der Waals surface area contributed by atoms with Gasteiger partial charge in [-0.3, -0.25) is 14.6 Å². The van der Waals surface area contributed by atoms with Crippen LogP contribution in [0.15, 0.2) is 85.2 Å². The molecule has 0 aliphatic carbocycles. The molecule has 0 spiro atoms. The van der Waals surface area contributed by atoms with Crippen LogP contribution in [0, 0.1) is 5.82 Å². The van der Waals surface area contributed by atoms with E-state index in [0.717, 1.165) is 0 Å². The molecule has 0 saturated heterocycles. The first-order chi connectivity index (χ1) is 16.5. The number of phenols is 1. The number of carbonyl (C=O) groups excluding carboxylic acids is 2.